The number of hydrogen-bond donors (Lipinski definition) is 0. The van der Waals surface area contributed by atoms with Crippen molar-refractivity contribution in [2.45, 2.75) is 49.6 Å². The molecule has 0 aromatic heterocycles. The third-order valence-corrected chi connectivity index (χ3v) is 5.77. The molecule has 0 aliphatic carbocycles. The van der Waals surface area contributed by atoms with Crippen molar-refractivity contribution < 1.29 is 41.7 Å². The quantitative estimate of drug-likeness (QED) is 0.649. The Morgan fingerprint density at radius 1 is 1.07 bits per heavy atom. The van der Waals surface area contributed by atoms with Crippen molar-refractivity contribution in [3.8, 4) is 0 Å². The van der Waals surface area contributed by atoms with Crippen LogP contribution in [0.25, 0.3) is 0 Å². The van der Waals surface area contributed by atoms with Crippen LogP contribution in [0.1, 0.15) is 13.8 Å². The van der Waals surface area contributed by atoms with Gasteiger partial charge in [-0.3, -0.25) is 9.59 Å². The number of rotatable bonds is 5. The maximum Gasteiger partial charge on any atom is 0.305 e. The van der Waals surface area contributed by atoms with Crippen molar-refractivity contribution in [1.29, 1.82) is 0 Å². The second-order valence-corrected chi connectivity index (χ2v) is 8.22. The average molecular weight is 400 g/mol. The first kappa shape index (κ1) is 19.7. The number of esters is 2. The normalized spacial score (nSPS) is 30.4. The summed E-state index contributed by atoms with van der Waals surface area (Å²) in [5.74, 6) is -1.63. The van der Waals surface area contributed by atoms with Gasteiger partial charge in [-0.2, -0.15) is 0 Å². The Morgan fingerprint density at radius 2 is 1.74 bits per heavy atom. The van der Waals surface area contributed by atoms with Gasteiger partial charge in [0.25, 0.3) is 0 Å². The van der Waals surface area contributed by atoms with E-state index in [4.69, 9.17) is 23.7 Å². The lowest BCUT2D eigenvalue weighted by Crippen LogP contribution is -2.49. The van der Waals surface area contributed by atoms with Gasteiger partial charge < -0.3 is 23.7 Å². The number of carbonyl (C=O) groups excluding carboxylic acids is 2. The van der Waals surface area contributed by atoms with Crippen molar-refractivity contribution in [1.82, 2.24) is 0 Å². The van der Waals surface area contributed by atoms with Gasteiger partial charge in [-0.05, 0) is 12.1 Å². The number of sulfone groups is 1. The van der Waals surface area contributed by atoms with E-state index >= 15 is 0 Å². The summed E-state index contributed by atoms with van der Waals surface area (Å²) in [5, 5.41) is 0. The number of ether oxygens (including phenoxy) is 5. The van der Waals surface area contributed by atoms with Gasteiger partial charge in [0.2, 0.25) is 6.29 Å². The molecule has 0 saturated carbocycles. The summed E-state index contributed by atoms with van der Waals surface area (Å²) in [6, 6.07) is 7.93. The first-order valence-electron chi connectivity index (χ1n) is 8.31. The van der Waals surface area contributed by atoms with Gasteiger partial charge in [-0.25, -0.2) is 8.42 Å². The molecule has 2 fully saturated rings. The summed E-state index contributed by atoms with van der Waals surface area (Å²) in [4.78, 5) is 22.8. The molecule has 1 unspecified atom stereocenters. The maximum atomic E-state index is 12.5. The first-order valence-corrected chi connectivity index (χ1v) is 9.96. The van der Waals surface area contributed by atoms with Gasteiger partial charge in [-0.1, -0.05) is 18.2 Å². The fourth-order valence-corrected chi connectivity index (χ4v) is 4.27. The van der Waals surface area contributed by atoms with E-state index in [0.29, 0.717) is 0 Å². The van der Waals surface area contributed by atoms with Crippen LogP contribution in [0, 0.1) is 0 Å². The van der Waals surface area contributed by atoms with E-state index in [9.17, 15) is 18.0 Å². The van der Waals surface area contributed by atoms with Crippen molar-refractivity contribution in [3.05, 3.63) is 30.3 Å². The van der Waals surface area contributed by atoms with Crippen LogP contribution in [-0.4, -0.2) is 63.6 Å². The molecule has 2 saturated heterocycles. The Labute approximate surface area is 156 Å². The van der Waals surface area contributed by atoms with Gasteiger partial charge in [0, 0.05) is 13.8 Å². The lowest BCUT2D eigenvalue weighted by Gasteiger charge is -2.32. The Kier molecular flexibility index (Phi) is 5.80. The van der Waals surface area contributed by atoms with Crippen LogP contribution >= 0.6 is 0 Å². The molecule has 2 aliphatic heterocycles. The molecule has 0 N–H and O–H groups in total. The van der Waals surface area contributed by atoms with E-state index in [1.54, 1.807) is 18.2 Å². The van der Waals surface area contributed by atoms with Crippen LogP contribution in [-0.2, 0) is 43.1 Å². The van der Waals surface area contributed by atoms with Crippen LogP contribution in [0.15, 0.2) is 35.2 Å². The van der Waals surface area contributed by atoms with Gasteiger partial charge in [-0.15, -0.1) is 0 Å². The van der Waals surface area contributed by atoms with E-state index < -0.39 is 58.4 Å². The maximum absolute atomic E-state index is 12.5. The Morgan fingerprint density at radius 3 is 2.37 bits per heavy atom. The number of carbonyl (C=O) groups is 2. The summed E-state index contributed by atoms with van der Waals surface area (Å²) < 4.78 is 51.9. The molecule has 1 aromatic carbocycles. The first-order chi connectivity index (χ1) is 12.8. The molecule has 2 heterocycles. The standard InChI is InChI=1S/C17H20O9S/c1-10(18)23-16-15-13(25-17(16)24-11(2)19)8-22-14(26-15)9-27(20,21)12-6-4-3-5-7-12/h3-7,13-17H,8-9H2,1-2H3/t13-,14-,15+,16-,17?/m1/s1. The molecule has 0 radical (unpaired) electrons. The van der Waals surface area contributed by atoms with Crippen molar-refractivity contribution in [2.75, 3.05) is 12.4 Å². The molecule has 3 rings (SSSR count). The molecule has 1 aromatic rings. The highest BCUT2D eigenvalue weighted by molar-refractivity contribution is 7.91. The molecule has 9 nitrogen and oxygen atoms in total. The van der Waals surface area contributed by atoms with Crippen LogP contribution < -0.4 is 0 Å². The summed E-state index contributed by atoms with van der Waals surface area (Å²) >= 11 is 0. The molecule has 2 aliphatic rings. The van der Waals surface area contributed by atoms with Crippen LogP contribution in [0.3, 0.4) is 0 Å². The average Bonchev–Trinajstić information content (AvgIpc) is 2.91. The van der Waals surface area contributed by atoms with Crippen molar-refractivity contribution in [3.63, 3.8) is 0 Å². The summed E-state index contributed by atoms with van der Waals surface area (Å²) in [5.41, 5.74) is 0. The van der Waals surface area contributed by atoms with Gasteiger partial charge >= 0.3 is 11.9 Å². The number of benzene rings is 1. The second kappa shape index (κ2) is 7.93. The monoisotopic (exact) mass is 400 g/mol. The number of hydrogen-bond acceptors (Lipinski definition) is 9. The van der Waals surface area contributed by atoms with Crippen LogP contribution in [0.4, 0.5) is 0 Å². The smallest absolute Gasteiger partial charge is 0.305 e. The van der Waals surface area contributed by atoms with E-state index in [2.05, 4.69) is 0 Å². The van der Waals surface area contributed by atoms with Crippen molar-refractivity contribution >= 4 is 21.8 Å². The topological polar surface area (TPSA) is 114 Å². The fraction of sp³-hybridized carbons (Fsp3) is 0.529. The minimum Gasteiger partial charge on any atom is -0.453 e. The molecule has 0 amide bonds. The highest BCUT2D eigenvalue weighted by Crippen LogP contribution is 2.32. The zero-order chi connectivity index (χ0) is 19.6. The molecule has 27 heavy (non-hydrogen) atoms. The van der Waals surface area contributed by atoms with E-state index in [1.807, 2.05) is 0 Å². The van der Waals surface area contributed by atoms with Gasteiger partial charge in [0.1, 0.15) is 18.0 Å². The van der Waals surface area contributed by atoms with Crippen molar-refractivity contribution in [2.24, 2.45) is 0 Å². The van der Waals surface area contributed by atoms with E-state index in [0.717, 1.165) is 0 Å². The lowest BCUT2D eigenvalue weighted by molar-refractivity contribution is -0.241. The Balaban J connectivity index is 1.73. The van der Waals surface area contributed by atoms with Crippen LogP contribution in [0.2, 0.25) is 0 Å². The molecule has 0 bridgehead atoms. The Hall–Kier alpha value is -2.01. The third-order valence-electron chi connectivity index (χ3n) is 4.06. The second-order valence-electron chi connectivity index (χ2n) is 6.18. The minimum atomic E-state index is -3.65. The van der Waals surface area contributed by atoms with Crippen LogP contribution in [0.5, 0.6) is 0 Å². The molecule has 5 atom stereocenters. The van der Waals surface area contributed by atoms with E-state index in [-0.39, 0.29) is 11.5 Å². The lowest BCUT2D eigenvalue weighted by atomic mass is 10.1. The van der Waals surface area contributed by atoms with Gasteiger partial charge in [0.05, 0.1) is 11.5 Å². The summed E-state index contributed by atoms with van der Waals surface area (Å²) in [6.07, 6.45) is -4.71. The Bertz CT molecular complexity index is 792. The highest BCUT2D eigenvalue weighted by atomic mass is 32.2. The fourth-order valence-electron chi connectivity index (χ4n) is 2.97. The molecule has 0 spiro atoms. The predicted molar refractivity (Wildman–Crippen MR) is 89.1 cm³/mol. The highest BCUT2D eigenvalue weighted by Gasteiger charge is 2.53. The SMILES string of the molecule is CC(=O)OC1O[C@@H]2CO[C@@H](CS(=O)(=O)c3ccccc3)O[C@@H]2[C@H]1OC(C)=O. The van der Waals surface area contributed by atoms with E-state index in [1.165, 1.54) is 26.0 Å². The molecule has 10 heteroatoms. The van der Waals surface area contributed by atoms with Gasteiger partial charge in [0.15, 0.2) is 22.2 Å². The summed E-state index contributed by atoms with van der Waals surface area (Å²) in [7, 11) is -3.65. The zero-order valence-corrected chi connectivity index (χ0v) is 15.6. The summed E-state index contributed by atoms with van der Waals surface area (Å²) in [6.45, 7) is 2.41. The molecular formula is C17H20O9S. The minimum absolute atomic E-state index is 0.00910. The number of fused-ring (bicyclic) bond motifs is 1. The third kappa shape index (κ3) is 4.64. The molecular weight excluding hydrogens is 380 g/mol. The largest absolute Gasteiger partial charge is 0.453 e. The predicted octanol–water partition coefficient (Wildman–Crippen LogP) is 0.421. The molecule has 148 valence electrons. The zero-order valence-electron chi connectivity index (χ0n) is 14.8.